The molecule has 1 fully saturated rings. The molecule has 6 rings (SSSR count). The van der Waals surface area contributed by atoms with Crippen molar-refractivity contribution in [1.29, 1.82) is 0 Å². The maximum absolute atomic E-state index is 14.9. The Kier molecular flexibility index (Phi) is 11.4. The largest absolute Gasteiger partial charge is 0.504 e. The van der Waals surface area contributed by atoms with Crippen LogP contribution in [-0.4, -0.2) is 95.2 Å². The van der Waals surface area contributed by atoms with Crippen LogP contribution in [0.15, 0.2) is 89.9 Å². The molecule has 4 aromatic carbocycles. The highest BCUT2D eigenvalue weighted by molar-refractivity contribution is 6.30. The molecule has 0 radical (unpaired) electrons. The first-order valence-corrected chi connectivity index (χ1v) is 17.8. The second-order valence-corrected chi connectivity index (χ2v) is 13.8. The SMILES string of the molecule is COc1ccc(C2=N[C@@H](c3ccc(Cl)cc3)[C@@H](c3ccc(Cl)cc3)N2C(=O)N2CCN(CCNC(=O)c3ccc(O)c(O)c3)CC2)c(OC(C)C)c1. The number of carbonyl (C=O) groups is 2. The summed E-state index contributed by atoms with van der Waals surface area (Å²) in [6.45, 7) is 6.93. The van der Waals surface area contributed by atoms with Crippen LogP contribution in [0.1, 0.15) is 53.0 Å². The third-order valence-electron chi connectivity index (χ3n) is 9.08. The minimum Gasteiger partial charge on any atom is -0.504 e. The van der Waals surface area contributed by atoms with Gasteiger partial charge < -0.3 is 29.9 Å². The number of hydrogen-bond acceptors (Lipinski definition) is 8. The lowest BCUT2D eigenvalue weighted by atomic mass is 9.93. The van der Waals surface area contributed by atoms with Gasteiger partial charge in [-0.25, -0.2) is 4.79 Å². The van der Waals surface area contributed by atoms with Crippen LogP contribution in [0.3, 0.4) is 0 Å². The number of halogens is 2. The molecule has 272 valence electrons. The highest BCUT2D eigenvalue weighted by atomic mass is 35.5. The Bertz CT molecular complexity index is 1930. The Labute approximate surface area is 313 Å². The zero-order chi connectivity index (χ0) is 36.9. The van der Waals surface area contributed by atoms with Crippen molar-refractivity contribution in [2.75, 3.05) is 46.4 Å². The van der Waals surface area contributed by atoms with Crippen LogP contribution >= 0.6 is 23.2 Å². The zero-order valence-corrected chi connectivity index (χ0v) is 30.6. The fourth-order valence-corrected chi connectivity index (χ4v) is 6.68. The number of amides is 3. The first kappa shape index (κ1) is 36.8. The van der Waals surface area contributed by atoms with Crippen molar-refractivity contribution in [3.63, 3.8) is 0 Å². The normalized spacial score (nSPS) is 17.6. The number of amidine groups is 1. The molecule has 2 aliphatic heterocycles. The Morgan fingerprint density at radius 1 is 0.865 bits per heavy atom. The molecular formula is C39H41Cl2N5O6. The first-order chi connectivity index (χ1) is 25.0. The summed E-state index contributed by atoms with van der Waals surface area (Å²) in [5.74, 6) is 0.652. The number of ether oxygens (including phenoxy) is 2. The van der Waals surface area contributed by atoms with Crippen molar-refractivity contribution >= 4 is 41.0 Å². The van der Waals surface area contributed by atoms with Crippen LogP contribution in [0.25, 0.3) is 0 Å². The fraction of sp³-hybridized carbons (Fsp3) is 0.308. The molecule has 0 unspecified atom stereocenters. The van der Waals surface area contributed by atoms with E-state index < -0.39 is 12.1 Å². The third-order valence-corrected chi connectivity index (χ3v) is 9.59. The Balaban J connectivity index is 1.27. The molecule has 0 spiro atoms. The van der Waals surface area contributed by atoms with Gasteiger partial charge in [-0.2, -0.15) is 0 Å². The summed E-state index contributed by atoms with van der Waals surface area (Å²) < 4.78 is 11.8. The van der Waals surface area contributed by atoms with Gasteiger partial charge in [-0.3, -0.25) is 19.6 Å². The Hall–Kier alpha value is -4.97. The molecule has 2 aliphatic rings. The monoisotopic (exact) mass is 745 g/mol. The Morgan fingerprint density at radius 3 is 2.13 bits per heavy atom. The fourth-order valence-electron chi connectivity index (χ4n) is 6.43. The maximum Gasteiger partial charge on any atom is 0.326 e. The quantitative estimate of drug-likeness (QED) is 0.151. The minimum absolute atomic E-state index is 0.151. The van der Waals surface area contributed by atoms with Gasteiger partial charge in [0, 0.05) is 60.9 Å². The molecule has 3 N–H and O–H groups in total. The molecule has 0 aromatic heterocycles. The number of piperazine rings is 1. The molecule has 0 aliphatic carbocycles. The van der Waals surface area contributed by atoms with Crippen LogP contribution in [0.5, 0.6) is 23.0 Å². The summed E-state index contributed by atoms with van der Waals surface area (Å²) in [6, 6.07) is 23.3. The number of benzene rings is 4. The van der Waals surface area contributed by atoms with Crippen molar-refractivity contribution in [1.82, 2.24) is 20.0 Å². The van der Waals surface area contributed by atoms with Gasteiger partial charge in [-0.15, -0.1) is 0 Å². The number of hydrogen-bond donors (Lipinski definition) is 3. The van der Waals surface area contributed by atoms with Crippen molar-refractivity contribution in [3.05, 3.63) is 117 Å². The number of urea groups is 1. The van der Waals surface area contributed by atoms with E-state index in [1.807, 2.05) is 85.5 Å². The highest BCUT2D eigenvalue weighted by Gasteiger charge is 2.45. The van der Waals surface area contributed by atoms with Crippen LogP contribution in [0.2, 0.25) is 10.0 Å². The molecular weight excluding hydrogens is 705 g/mol. The van der Waals surface area contributed by atoms with Crippen molar-refractivity contribution in [2.45, 2.75) is 32.0 Å². The molecule has 52 heavy (non-hydrogen) atoms. The standard InChI is InChI=1S/C39H41Cl2N5O6/c1-24(2)52-34-23-30(51-3)13-14-31(34)37-43-35(25-4-9-28(40)10-5-25)36(26-6-11-29(41)12-7-26)46(37)39(50)45-20-18-44(19-21-45)17-16-42-38(49)27-8-15-32(47)33(48)22-27/h4-15,22-24,35-36,47-48H,16-21H2,1-3H3,(H,42,49)/t35-,36+/m0/s1. The zero-order valence-electron chi connectivity index (χ0n) is 29.1. The number of aliphatic imine (C=N–C) groups is 1. The number of nitrogens with one attached hydrogen (secondary N) is 1. The summed E-state index contributed by atoms with van der Waals surface area (Å²) in [6.07, 6.45) is -0.151. The van der Waals surface area contributed by atoms with E-state index in [1.165, 1.54) is 18.2 Å². The van der Waals surface area contributed by atoms with Crippen molar-refractivity contribution in [2.24, 2.45) is 4.99 Å². The molecule has 3 amide bonds. The van der Waals surface area contributed by atoms with Crippen LogP contribution < -0.4 is 14.8 Å². The second-order valence-electron chi connectivity index (χ2n) is 12.9. The van der Waals surface area contributed by atoms with E-state index in [4.69, 9.17) is 37.7 Å². The minimum atomic E-state index is -0.512. The number of rotatable bonds is 10. The Morgan fingerprint density at radius 2 is 1.52 bits per heavy atom. The van der Waals surface area contributed by atoms with E-state index in [-0.39, 0.29) is 35.1 Å². The molecule has 11 nitrogen and oxygen atoms in total. The van der Waals surface area contributed by atoms with Gasteiger partial charge in [-0.1, -0.05) is 47.5 Å². The lowest BCUT2D eigenvalue weighted by molar-refractivity contribution is 0.0937. The van der Waals surface area contributed by atoms with E-state index in [2.05, 4.69) is 10.2 Å². The molecule has 4 aromatic rings. The van der Waals surface area contributed by atoms with Gasteiger partial charge in [0.1, 0.15) is 23.4 Å². The number of methoxy groups -OCH3 is 1. The number of aromatic hydroxyl groups is 2. The summed E-state index contributed by atoms with van der Waals surface area (Å²) in [5, 5.41) is 23.3. The third kappa shape index (κ3) is 8.22. The van der Waals surface area contributed by atoms with Gasteiger partial charge >= 0.3 is 6.03 Å². The van der Waals surface area contributed by atoms with Gasteiger partial charge in [0.25, 0.3) is 5.91 Å². The molecule has 2 atom stereocenters. The predicted molar refractivity (Wildman–Crippen MR) is 201 cm³/mol. The van der Waals surface area contributed by atoms with E-state index in [1.54, 1.807) is 12.0 Å². The summed E-state index contributed by atoms with van der Waals surface area (Å²) in [4.78, 5) is 38.6. The number of phenolic OH excluding ortho intramolecular Hbond substituents is 2. The van der Waals surface area contributed by atoms with E-state index in [9.17, 15) is 19.8 Å². The molecule has 1 saturated heterocycles. The van der Waals surface area contributed by atoms with Gasteiger partial charge in [-0.05, 0) is 79.6 Å². The first-order valence-electron chi connectivity index (χ1n) is 17.1. The lowest BCUT2D eigenvalue weighted by Gasteiger charge is -2.39. The average Bonchev–Trinajstić information content (AvgIpc) is 3.53. The van der Waals surface area contributed by atoms with Crippen molar-refractivity contribution in [3.8, 4) is 23.0 Å². The predicted octanol–water partition coefficient (Wildman–Crippen LogP) is 6.91. The van der Waals surface area contributed by atoms with Crippen LogP contribution in [0, 0.1) is 0 Å². The van der Waals surface area contributed by atoms with Crippen LogP contribution in [0.4, 0.5) is 4.79 Å². The number of nitrogens with zero attached hydrogens (tertiary/aromatic N) is 4. The summed E-state index contributed by atoms with van der Waals surface area (Å²) >= 11 is 12.6. The van der Waals surface area contributed by atoms with E-state index >= 15 is 0 Å². The maximum atomic E-state index is 14.9. The van der Waals surface area contributed by atoms with Gasteiger partial charge in [0.15, 0.2) is 11.5 Å². The van der Waals surface area contributed by atoms with E-state index in [0.717, 1.165) is 11.1 Å². The lowest BCUT2D eigenvalue weighted by Crippen LogP contribution is -2.54. The molecule has 0 bridgehead atoms. The van der Waals surface area contributed by atoms with Gasteiger partial charge in [0.05, 0.1) is 24.8 Å². The summed E-state index contributed by atoms with van der Waals surface area (Å²) in [5.41, 5.74) is 2.67. The van der Waals surface area contributed by atoms with Crippen molar-refractivity contribution < 1.29 is 29.3 Å². The van der Waals surface area contributed by atoms with E-state index in [0.29, 0.717) is 72.2 Å². The average molecular weight is 747 g/mol. The summed E-state index contributed by atoms with van der Waals surface area (Å²) in [7, 11) is 1.60. The number of carbonyl (C=O) groups excluding carboxylic acids is 2. The molecule has 13 heteroatoms. The highest BCUT2D eigenvalue weighted by Crippen LogP contribution is 2.46. The molecule has 2 heterocycles. The van der Waals surface area contributed by atoms with Crippen LogP contribution in [-0.2, 0) is 0 Å². The smallest absolute Gasteiger partial charge is 0.326 e. The molecule has 0 saturated carbocycles. The number of phenols is 2. The van der Waals surface area contributed by atoms with Gasteiger partial charge in [0.2, 0.25) is 0 Å². The topological polar surface area (TPSA) is 127 Å². The second kappa shape index (κ2) is 16.1.